The number of halogens is 2. The summed E-state index contributed by atoms with van der Waals surface area (Å²) in [6.45, 7) is -0.751. The molecule has 0 saturated heterocycles. The summed E-state index contributed by atoms with van der Waals surface area (Å²) in [5.41, 5.74) is 5.97. The van der Waals surface area contributed by atoms with Crippen LogP contribution in [0.25, 0.3) is 0 Å². The minimum Gasteiger partial charge on any atom is -0.480 e. The number of nitrogens with two attached hydrogens (primary N) is 1. The zero-order valence-corrected chi connectivity index (χ0v) is 15.8. The van der Waals surface area contributed by atoms with E-state index in [0.29, 0.717) is 28.5 Å². The highest BCUT2D eigenvalue weighted by molar-refractivity contribution is 6.31. The Hall–Kier alpha value is -2.74. The first-order chi connectivity index (χ1) is 13.5. The van der Waals surface area contributed by atoms with Crippen molar-refractivity contribution in [2.45, 2.75) is 24.5 Å². The fraction of sp³-hybridized carbons (Fsp3) is 0.368. The number of benzene rings is 1. The van der Waals surface area contributed by atoms with E-state index in [1.54, 1.807) is 18.2 Å². The molecule has 28 heavy (non-hydrogen) atoms. The molecule has 1 fully saturated rings. The standard InChI is InChI=1S/C19H18ClFN4O3/c1-27-17-8-23-14(7-24-17)15(26)5-10-2-3-13(20)11(4-10)19(9-21)12-6-16(12)28-18(22)25-19/h2-4,7-8,12,16H,5-6,9H2,1H3,(H2,22,25)/t12-,16+,19+/m0/s1. The van der Waals surface area contributed by atoms with Crippen molar-refractivity contribution < 1.29 is 18.7 Å². The normalized spacial score (nSPS) is 25.3. The quantitative estimate of drug-likeness (QED) is 0.742. The van der Waals surface area contributed by atoms with Gasteiger partial charge in [0.2, 0.25) is 5.88 Å². The average Bonchev–Trinajstić information content (AvgIpc) is 3.48. The SMILES string of the molecule is COc1cnc(C(=O)Cc2ccc(Cl)c([C@@]3(CF)N=C(N)O[C@@H]4C[C@@H]43)c2)cn1. The van der Waals surface area contributed by atoms with E-state index < -0.39 is 12.2 Å². The van der Waals surface area contributed by atoms with Crippen molar-refractivity contribution in [3.05, 3.63) is 52.4 Å². The molecule has 1 aromatic carbocycles. The van der Waals surface area contributed by atoms with Crippen LogP contribution in [0.1, 0.15) is 28.0 Å². The minimum absolute atomic E-state index is 0.0394. The molecule has 1 aromatic heterocycles. The average molecular weight is 405 g/mol. The number of rotatable bonds is 6. The molecule has 0 spiro atoms. The number of Topliss-reactive ketones (excluding diaryl/α,β-unsaturated/α-hetero) is 1. The number of hydrogen-bond donors (Lipinski definition) is 1. The second kappa shape index (κ2) is 7.01. The monoisotopic (exact) mass is 404 g/mol. The van der Waals surface area contributed by atoms with Crippen LogP contribution in [0.2, 0.25) is 5.02 Å². The van der Waals surface area contributed by atoms with Gasteiger partial charge in [-0.1, -0.05) is 23.7 Å². The molecule has 1 aliphatic heterocycles. The lowest BCUT2D eigenvalue weighted by molar-refractivity contribution is 0.0987. The van der Waals surface area contributed by atoms with Crippen LogP contribution >= 0.6 is 11.6 Å². The van der Waals surface area contributed by atoms with Gasteiger partial charge in [0, 0.05) is 22.9 Å². The number of carbonyl (C=O) groups is 1. The zero-order valence-electron chi connectivity index (χ0n) is 15.1. The van der Waals surface area contributed by atoms with Crippen molar-refractivity contribution in [1.82, 2.24) is 9.97 Å². The third-order valence-corrected chi connectivity index (χ3v) is 5.45. The molecule has 0 amide bonds. The van der Waals surface area contributed by atoms with Crippen LogP contribution in [0.3, 0.4) is 0 Å². The van der Waals surface area contributed by atoms with E-state index in [0.717, 1.165) is 0 Å². The summed E-state index contributed by atoms with van der Waals surface area (Å²) in [5, 5.41) is 0.377. The maximum absolute atomic E-state index is 14.2. The van der Waals surface area contributed by atoms with E-state index >= 15 is 0 Å². The first-order valence-corrected chi connectivity index (χ1v) is 9.10. The van der Waals surface area contributed by atoms with Gasteiger partial charge in [-0.3, -0.25) is 4.79 Å². The number of ether oxygens (including phenoxy) is 2. The Bertz CT molecular complexity index is 953. The molecule has 7 nitrogen and oxygen atoms in total. The van der Waals surface area contributed by atoms with E-state index in [9.17, 15) is 9.18 Å². The molecule has 1 saturated carbocycles. The first-order valence-electron chi connectivity index (χ1n) is 8.73. The Balaban J connectivity index is 1.64. The van der Waals surface area contributed by atoms with Crippen molar-refractivity contribution >= 4 is 23.4 Å². The number of methoxy groups -OCH3 is 1. The number of hydrogen-bond acceptors (Lipinski definition) is 7. The molecular weight excluding hydrogens is 387 g/mol. The number of amidine groups is 1. The highest BCUT2D eigenvalue weighted by atomic mass is 35.5. The predicted octanol–water partition coefficient (Wildman–Crippen LogP) is 2.46. The molecule has 146 valence electrons. The molecule has 0 radical (unpaired) electrons. The number of ketones is 1. The number of aromatic nitrogens is 2. The molecule has 3 atom stereocenters. The summed E-state index contributed by atoms with van der Waals surface area (Å²) < 4.78 is 24.5. The number of nitrogens with zero attached hydrogens (tertiary/aromatic N) is 3. The van der Waals surface area contributed by atoms with Crippen LogP contribution < -0.4 is 10.5 Å². The summed E-state index contributed by atoms with van der Waals surface area (Å²) in [5.74, 6) is -0.0260. The van der Waals surface area contributed by atoms with Crippen LogP contribution in [0, 0.1) is 5.92 Å². The fourth-order valence-corrected chi connectivity index (χ4v) is 3.86. The number of fused-ring (bicyclic) bond motifs is 1. The van der Waals surface area contributed by atoms with Crippen molar-refractivity contribution in [2.24, 2.45) is 16.6 Å². The summed E-state index contributed by atoms with van der Waals surface area (Å²) in [4.78, 5) is 24.9. The van der Waals surface area contributed by atoms with Gasteiger partial charge >= 0.3 is 0 Å². The second-order valence-corrected chi connectivity index (χ2v) is 7.27. The maximum atomic E-state index is 14.2. The van der Waals surface area contributed by atoms with Crippen LogP contribution in [0.15, 0.2) is 35.6 Å². The topological polar surface area (TPSA) is 99.7 Å². The number of aliphatic imine (C=N–C) groups is 1. The van der Waals surface area contributed by atoms with Crippen LogP contribution in [0.4, 0.5) is 4.39 Å². The van der Waals surface area contributed by atoms with Gasteiger partial charge in [-0.05, 0) is 18.1 Å². The van der Waals surface area contributed by atoms with Crippen molar-refractivity contribution in [2.75, 3.05) is 13.8 Å². The van der Waals surface area contributed by atoms with Crippen LogP contribution in [-0.4, -0.2) is 41.7 Å². The molecule has 2 aliphatic rings. The van der Waals surface area contributed by atoms with E-state index in [2.05, 4.69) is 15.0 Å². The Morgan fingerprint density at radius 3 is 2.93 bits per heavy atom. The van der Waals surface area contributed by atoms with Crippen molar-refractivity contribution in [3.8, 4) is 5.88 Å². The van der Waals surface area contributed by atoms with Gasteiger partial charge in [-0.15, -0.1) is 0 Å². The lowest BCUT2D eigenvalue weighted by Crippen LogP contribution is -2.39. The van der Waals surface area contributed by atoms with Gasteiger partial charge in [-0.25, -0.2) is 19.4 Å². The third kappa shape index (κ3) is 3.17. The number of alkyl halides is 1. The molecule has 0 unspecified atom stereocenters. The first kappa shape index (κ1) is 18.6. The van der Waals surface area contributed by atoms with Gasteiger partial charge in [-0.2, -0.15) is 0 Å². The molecular formula is C19H18ClFN4O3. The van der Waals surface area contributed by atoms with E-state index in [-0.39, 0.29) is 35.9 Å². The highest BCUT2D eigenvalue weighted by Crippen LogP contribution is 2.54. The third-order valence-electron chi connectivity index (χ3n) is 5.12. The molecule has 0 bridgehead atoms. The Kier molecular flexibility index (Phi) is 4.66. The second-order valence-electron chi connectivity index (χ2n) is 6.86. The Morgan fingerprint density at radius 2 is 2.25 bits per heavy atom. The maximum Gasteiger partial charge on any atom is 0.283 e. The summed E-state index contributed by atoms with van der Waals surface area (Å²) in [7, 11) is 1.47. The van der Waals surface area contributed by atoms with E-state index in [1.165, 1.54) is 19.5 Å². The van der Waals surface area contributed by atoms with Gasteiger partial charge in [0.25, 0.3) is 6.02 Å². The van der Waals surface area contributed by atoms with Gasteiger partial charge in [0.15, 0.2) is 5.78 Å². The smallest absolute Gasteiger partial charge is 0.283 e. The number of carbonyl (C=O) groups excluding carboxylic acids is 1. The Morgan fingerprint density at radius 1 is 1.43 bits per heavy atom. The van der Waals surface area contributed by atoms with Crippen LogP contribution in [-0.2, 0) is 16.7 Å². The van der Waals surface area contributed by atoms with E-state index in [1.807, 2.05) is 0 Å². The summed E-state index contributed by atoms with van der Waals surface area (Å²) in [6.07, 6.45) is 3.32. The lowest BCUT2D eigenvalue weighted by atomic mass is 9.84. The molecule has 1 aliphatic carbocycles. The highest BCUT2D eigenvalue weighted by Gasteiger charge is 2.59. The summed E-state index contributed by atoms with van der Waals surface area (Å²) in [6, 6.07) is 5.05. The van der Waals surface area contributed by atoms with Crippen molar-refractivity contribution in [3.63, 3.8) is 0 Å². The van der Waals surface area contributed by atoms with E-state index in [4.69, 9.17) is 26.8 Å². The van der Waals surface area contributed by atoms with Crippen molar-refractivity contribution in [1.29, 1.82) is 0 Å². The molecule has 9 heteroatoms. The Labute approximate surface area is 165 Å². The van der Waals surface area contributed by atoms with Crippen LogP contribution in [0.5, 0.6) is 5.88 Å². The molecule has 4 rings (SSSR count). The lowest BCUT2D eigenvalue weighted by Gasteiger charge is -2.32. The fourth-order valence-electron chi connectivity index (χ4n) is 3.58. The van der Waals surface area contributed by atoms with Gasteiger partial charge < -0.3 is 15.2 Å². The molecule has 2 N–H and O–H groups in total. The van der Waals surface area contributed by atoms with Gasteiger partial charge in [0.05, 0.1) is 19.5 Å². The molecule has 2 heterocycles. The molecule has 2 aromatic rings. The largest absolute Gasteiger partial charge is 0.480 e. The van der Waals surface area contributed by atoms with Gasteiger partial charge in [0.1, 0.15) is 24.0 Å². The minimum atomic E-state index is -1.18. The predicted molar refractivity (Wildman–Crippen MR) is 100 cm³/mol. The zero-order chi connectivity index (χ0) is 19.9. The summed E-state index contributed by atoms with van der Waals surface area (Å²) >= 11 is 6.38.